The topological polar surface area (TPSA) is 78.3 Å². The number of aromatic nitrogens is 3. The fourth-order valence-electron chi connectivity index (χ4n) is 3.85. The fraction of sp³-hybridized carbons (Fsp3) is 0.346. The van der Waals surface area contributed by atoms with Gasteiger partial charge in [-0.05, 0) is 31.9 Å². The molecule has 0 fully saturated rings. The summed E-state index contributed by atoms with van der Waals surface area (Å²) in [6, 6.07) is 15.5. The number of carbonyl (C=O) groups excluding carboxylic acids is 1. The normalized spacial score (nSPS) is 15.0. The maximum Gasteiger partial charge on any atom is 0.338 e. The Morgan fingerprint density at radius 1 is 1.15 bits per heavy atom. The molecule has 1 atom stereocenters. The summed E-state index contributed by atoms with van der Waals surface area (Å²) in [5.41, 5.74) is 4.27. The van der Waals surface area contributed by atoms with Gasteiger partial charge in [0, 0.05) is 17.0 Å². The number of carbonyl (C=O) groups is 1. The van der Waals surface area contributed by atoms with Gasteiger partial charge in [-0.3, -0.25) is 0 Å². The lowest BCUT2D eigenvalue weighted by molar-refractivity contribution is -0.136. The van der Waals surface area contributed by atoms with Crippen molar-refractivity contribution in [1.29, 1.82) is 0 Å². The largest absolute Gasteiger partial charge is 0.489 e. The van der Waals surface area contributed by atoms with E-state index in [9.17, 15) is 4.79 Å². The van der Waals surface area contributed by atoms with Gasteiger partial charge in [0.15, 0.2) is 0 Å². The number of esters is 1. The van der Waals surface area contributed by atoms with Gasteiger partial charge in [-0.15, -0.1) is 5.10 Å². The number of nitrogens with one attached hydrogen (secondary N) is 1. The molecule has 4 rings (SSSR count). The van der Waals surface area contributed by atoms with Crippen molar-refractivity contribution in [3.8, 4) is 5.75 Å². The van der Waals surface area contributed by atoms with Crippen LogP contribution in [0.25, 0.3) is 0 Å². The molecular formula is C26H30N4O3S. The molecule has 0 saturated heterocycles. The Morgan fingerprint density at radius 3 is 2.65 bits per heavy atom. The predicted octanol–water partition coefficient (Wildman–Crippen LogP) is 5.52. The van der Waals surface area contributed by atoms with Crippen LogP contribution in [0.5, 0.6) is 5.75 Å². The summed E-state index contributed by atoms with van der Waals surface area (Å²) >= 11 is 1.62. The lowest BCUT2D eigenvalue weighted by Crippen LogP contribution is -2.29. The molecule has 2 aromatic carbocycles. The number of para-hydroxylation sites is 1. The van der Waals surface area contributed by atoms with Crippen molar-refractivity contribution in [2.24, 2.45) is 0 Å². The van der Waals surface area contributed by atoms with Crippen LogP contribution < -0.4 is 10.1 Å². The van der Waals surface area contributed by atoms with E-state index in [-0.39, 0.29) is 0 Å². The third-order valence-corrected chi connectivity index (χ3v) is 6.62. The predicted molar refractivity (Wildman–Crippen MR) is 134 cm³/mol. The van der Waals surface area contributed by atoms with E-state index in [2.05, 4.69) is 48.4 Å². The summed E-state index contributed by atoms with van der Waals surface area (Å²) < 4.78 is 13.2. The molecule has 8 heteroatoms. The second-order valence-corrected chi connectivity index (χ2v) is 9.30. The summed E-state index contributed by atoms with van der Waals surface area (Å²) in [6.45, 7) is 6.50. The Bertz CT molecular complexity index is 1190. The second-order valence-electron chi connectivity index (χ2n) is 8.23. The van der Waals surface area contributed by atoms with Crippen LogP contribution >= 0.6 is 11.8 Å². The fourth-order valence-corrected chi connectivity index (χ4v) is 4.76. The van der Waals surface area contributed by atoms with Crippen LogP contribution in [0, 0.1) is 6.92 Å². The monoisotopic (exact) mass is 478 g/mol. The molecule has 0 spiro atoms. The van der Waals surface area contributed by atoms with Crippen LogP contribution in [0.3, 0.4) is 0 Å². The summed E-state index contributed by atoms with van der Waals surface area (Å²) in [5, 5.41) is 8.67. The number of allylic oxidation sites excluding steroid dienone is 1. The molecule has 0 saturated carbocycles. The van der Waals surface area contributed by atoms with Crippen LogP contribution in [0.4, 0.5) is 5.95 Å². The number of benzene rings is 2. The molecule has 0 bridgehead atoms. The SMILES string of the molecule is CCCCSc1nc2n(n1)C(c1ccccc1OCc1ccc(C)cc1)C(C(=O)OC)=C(C)N2. The number of unbranched alkanes of at least 4 members (excludes halogenated alkanes) is 1. The molecule has 1 unspecified atom stereocenters. The number of ether oxygens (including phenoxy) is 2. The van der Waals surface area contributed by atoms with E-state index < -0.39 is 12.0 Å². The van der Waals surface area contributed by atoms with Crippen molar-refractivity contribution in [3.05, 3.63) is 76.5 Å². The zero-order valence-corrected chi connectivity index (χ0v) is 20.8. The number of hydrogen-bond donors (Lipinski definition) is 1. The number of anilines is 1. The Balaban J connectivity index is 1.72. The number of thioether (sulfide) groups is 1. The minimum absolute atomic E-state index is 0.412. The summed E-state index contributed by atoms with van der Waals surface area (Å²) in [7, 11) is 1.39. The molecule has 1 aliphatic rings. The Kier molecular flexibility index (Phi) is 7.57. The molecule has 34 heavy (non-hydrogen) atoms. The highest BCUT2D eigenvalue weighted by molar-refractivity contribution is 7.99. The van der Waals surface area contributed by atoms with Gasteiger partial charge in [-0.2, -0.15) is 4.98 Å². The minimum atomic E-state index is -0.522. The van der Waals surface area contributed by atoms with Gasteiger partial charge in [0.05, 0.1) is 12.7 Å². The molecule has 178 valence electrons. The van der Waals surface area contributed by atoms with E-state index in [0.29, 0.717) is 34.7 Å². The van der Waals surface area contributed by atoms with Gasteiger partial charge in [-0.25, -0.2) is 9.48 Å². The summed E-state index contributed by atoms with van der Waals surface area (Å²) in [4.78, 5) is 17.6. The lowest BCUT2D eigenvalue weighted by Gasteiger charge is -2.29. The number of nitrogens with zero attached hydrogens (tertiary/aromatic N) is 3. The average molecular weight is 479 g/mol. The van der Waals surface area contributed by atoms with E-state index in [1.807, 2.05) is 31.2 Å². The lowest BCUT2D eigenvalue weighted by atomic mass is 9.95. The Labute approximate surface area is 204 Å². The Hall–Kier alpha value is -3.26. The molecule has 1 N–H and O–H groups in total. The molecule has 0 radical (unpaired) electrons. The van der Waals surface area contributed by atoms with E-state index >= 15 is 0 Å². The van der Waals surface area contributed by atoms with Gasteiger partial charge in [0.25, 0.3) is 0 Å². The van der Waals surface area contributed by atoms with Crippen molar-refractivity contribution < 1.29 is 14.3 Å². The zero-order chi connectivity index (χ0) is 24.1. The number of hydrogen-bond acceptors (Lipinski definition) is 7. The van der Waals surface area contributed by atoms with Crippen molar-refractivity contribution >= 4 is 23.7 Å². The number of aryl methyl sites for hydroxylation is 1. The molecule has 7 nitrogen and oxygen atoms in total. The van der Waals surface area contributed by atoms with Crippen molar-refractivity contribution in [3.63, 3.8) is 0 Å². The number of fused-ring (bicyclic) bond motifs is 1. The highest BCUT2D eigenvalue weighted by Crippen LogP contribution is 2.40. The molecule has 0 aliphatic carbocycles. The maximum absolute atomic E-state index is 12.9. The van der Waals surface area contributed by atoms with Gasteiger partial charge < -0.3 is 14.8 Å². The van der Waals surface area contributed by atoms with Crippen molar-refractivity contribution in [2.45, 2.75) is 51.4 Å². The van der Waals surface area contributed by atoms with Gasteiger partial charge in [0.1, 0.15) is 18.4 Å². The van der Waals surface area contributed by atoms with Gasteiger partial charge in [-0.1, -0.05) is 73.1 Å². The first-order chi connectivity index (χ1) is 16.5. The standard InChI is InChI=1S/C26H30N4O3S/c1-5-6-15-34-26-28-25-27-18(3)22(24(31)32-4)23(30(25)29-26)20-9-7-8-10-21(20)33-16-19-13-11-17(2)12-14-19/h7-14,23H,5-6,15-16H2,1-4H3,(H,27,28,29). The van der Waals surface area contributed by atoms with Crippen LogP contribution in [-0.2, 0) is 16.1 Å². The molecule has 0 amide bonds. The smallest absolute Gasteiger partial charge is 0.338 e. The maximum atomic E-state index is 12.9. The third-order valence-electron chi connectivity index (χ3n) is 5.70. The van der Waals surface area contributed by atoms with Crippen LogP contribution in [0.15, 0.2) is 65.0 Å². The average Bonchev–Trinajstić information content (AvgIpc) is 3.25. The highest BCUT2D eigenvalue weighted by Gasteiger charge is 2.36. The quantitative estimate of drug-likeness (QED) is 0.246. The first kappa shape index (κ1) is 23.9. The highest BCUT2D eigenvalue weighted by atomic mass is 32.2. The van der Waals surface area contributed by atoms with Crippen LogP contribution in [0.2, 0.25) is 0 Å². The zero-order valence-electron chi connectivity index (χ0n) is 20.0. The van der Waals surface area contributed by atoms with E-state index in [1.165, 1.54) is 12.7 Å². The van der Waals surface area contributed by atoms with E-state index in [4.69, 9.17) is 14.6 Å². The number of methoxy groups -OCH3 is 1. The summed E-state index contributed by atoms with van der Waals surface area (Å²) in [5.74, 6) is 1.81. The molecular weight excluding hydrogens is 448 g/mol. The van der Waals surface area contributed by atoms with Crippen LogP contribution in [-0.4, -0.2) is 33.6 Å². The third kappa shape index (κ3) is 5.12. The van der Waals surface area contributed by atoms with Gasteiger partial charge in [0.2, 0.25) is 11.1 Å². The molecule has 1 aliphatic heterocycles. The van der Waals surface area contributed by atoms with Crippen molar-refractivity contribution in [1.82, 2.24) is 14.8 Å². The minimum Gasteiger partial charge on any atom is -0.489 e. The van der Waals surface area contributed by atoms with E-state index in [0.717, 1.165) is 29.7 Å². The second kappa shape index (κ2) is 10.8. The molecule has 1 aromatic heterocycles. The summed E-state index contributed by atoms with van der Waals surface area (Å²) in [6.07, 6.45) is 2.20. The van der Waals surface area contributed by atoms with Crippen molar-refractivity contribution in [2.75, 3.05) is 18.2 Å². The first-order valence-corrected chi connectivity index (χ1v) is 12.4. The van der Waals surface area contributed by atoms with Crippen LogP contribution in [0.1, 0.15) is 49.4 Å². The van der Waals surface area contributed by atoms with E-state index in [1.54, 1.807) is 16.4 Å². The molecule has 3 aromatic rings. The number of rotatable bonds is 9. The Morgan fingerprint density at radius 2 is 1.91 bits per heavy atom. The first-order valence-electron chi connectivity index (χ1n) is 11.4. The van der Waals surface area contributed by atoms with Gasteiger partial charge >= 0.3 is 5.97 Å². The molecule has 2 heterocycles.